The molecule has 0 bridgehead atoms. The lowest BCUT2D eigenvalue weighted by Crippen LogP contribution is -2.50. The van der Waals surface area contributed by atoms with Crippen LogP contribution in [0.1, 0.15) is 206 Å². The highest BCUT2D eigenvalue weighted by atomic mass is 32.2. The van der Waals surface area contributed by atoms with Crippen molar-refractivity contribution in [1.29, 1.82) is 0 Å². The summed E-state index contributed by atoms with van der Waals surface area (Å²) in [6, 6.07) is -1.22. The Kier molecular flexibility index (Phi) is 32.8. The summed E-state index contributed by atoms with van der Waals surface area (Å²) in [5.41, 5.74) is 0. The molecule has 0 heterocycles. The first-order valence-corrected chi connectivity index (χ1v) is 21.6. The number of carbonyl (C=O) groups is 1. The number of aliphatic hydroxyl groups excluding tert-OH is 2. The molecule has 280 valence electrons. The molecule has 0 aromatic rings. The summed E-state index contributed by atoms with van der Waals surface area (Å²) in [5.74, 6) is -1.53. The molecule has 0 aromatic carbocycles. The minimum absolute atomic E-state index is 0.285. The van der Waals surface area contributed by atoms with Gasteiger partial charge >= 0.3 is 0 Å². The third kappa shape index (κ3) is 33.3. The monoisotopic (exact) mass is 688 g/mol. The van der Waals surface area contributed by atoms with E-state index in [4.69, 9.17) is 0 Å². The summed E-state index contributed by atoms with van der Waals surface area (Å²) in [5, 5.41) is 23.2. The van der Waals surface area contributed by atoms with E-state index in [1.165, 1.54) is 147 Å². The molecule has 0 radical (unpaired) electrons. The highest BCUT2D eigenvalue weighted by Gasteiger charge is 2.27. The molecule has 8 heteroatoms. The molecule has 4 N–H and O–H groups in total. The average Bonchev–Trinajstić information content (AvgIpc) is 3.03. The van der Waals surface area contributed by atoms with Crippen molar-refractivity contribution in [3.8, 4) is 0 Å². The average molecular weight is 688 g/mol. The van der Waals surface area contributed by atoms with Gasteiger partial charge in [-0.1, -0.05) is 199 Å². The largest absolute Gasteiger partial charge is 0.387 e. The second-order valence-corrected chi connectivity index (χ2v) is 15.6. The zero-order valence-electron chi connectivity index (χ0n) is 30.8. The number of aliphatic hydroxyl groups is 2. The number of rotatable bonds is 36. The van der Waals surface area contributed by atoms with Gasteiger partial charge in [0.25, 0.3) is 10.1 Å². The van der Waals surface area contributed by atoms with Crippen molar-refractivity contribution in [2.75, 3.05) is 5.75 Å². The van der Waals surface area contributed by atoms with E-state index in [0.717, 1.165) is 38.5 Å². The number of hydrogen-bond donors (Lipinski definition) is 4. The van der Waals surface area contributed by atoms with Crippen LogP contribution < -0.4 is 5.32 Å². The van der Waals surface area contributed by atoms with Crippen molar-refractivity contribution >= 4 is 16.0 Å². The zero-order valence-corrected chi connectivity index (χ0v) is 31.6. The quantitative estimate of drug-likeness (QED) is 0.0295. The van der Waals surface area contributed by atoms with E-state index in [9.17, 15) is 28.0 Å². The molecule has 1 amide bonds. The van der Waals surface area contributed by atoms with Crippen LogP contribution in [0.2, 0.25) is 0 Å². The number of amides is 1. The van der Waals surface area contributed by atoms with Crippen LogP contribution in [-0.4, -0.2) is 53.1 Å². The fourth-order valence-corrected chi connectivity index (χ4v) is 6.96. The Morgan fingerprint density at radius 3 is 1.28 bits per heavy atom. The first kappa shape index (κ1) is 46.0. The lowest BCUT2D eigenvalue weighted by Gasteiger charge is -2.22. The highest BCUT2D eigenvalue weighted by Crippen LogP contribution is 2.16. The number of nitrogens with one attached hydrogen (secondary N) is 1. The van der Waals surface area contributed by atoms with Crippen LogP contribution in [0.4, 0.5) is 0 Å². The van der Waals surface area contributed by atoms with Crippen LogP contribution in [0, 0.1) is 0 Å². The fourth-order valence-electron chi connectivity index (χ4n) is 6.22. The molecule has 47 heavy (non-hydrogen) atoms. The summed E-state index contributed by atoms with van der Waals surface area (Å²) in [7, 11) is -4.43. The number of unbranched alkanes of at least 4 members (excludes halogenated alkanes) is 27. The van der Waals surface area contributed by atoms with Gasteiger partial charge < -0.3 is 15.5 Å². The van der Waals surface area contributed by atoms with Crippen LogP contribution in [0.25, 0.3) is 0 Å². The van der Waals surface area contributed by atoms with Crippen molar-refractivity contribution in [3.63, 3.8) is 0 Å². The van der Waals surface area contributed by atoms with E-state index in [1.807, 2.05) is 0 Å². The van der Waals surface area contributed by atoms with E-state index in [1.54, 1.807) is 6.08 Å². The summed E-state index contributed by atoms with van der Waals surface area (Å²) in [6.07, 6.45) is 37.3. The molecule has 0 fully saturated rings. The Bertz CT molecular complexity index is 818. The molecule has 7 nitrogen and oxygen atoms in total. The van der Waals surface area contributed by atoms with Crippen LogP contribution in [0.15, 0.2) is 12.2 Å². The summed E-state index contributed by atoms with van der Waals surface area (Å²) in [4.78, 5) is 12.5. The van der Waals surface area contributed by atoms with Gasteiger partial charge in [-0.2, -0.15) is 8.42 Å². The zero-order chi connectivity index (χ0) is 34.9. The summed E-state index contributed by atoms with van der Waals surface area (Å²) >= 11 is 0. The van der Waals surface area contributed by atoms with Crippen LogP contribution in [0.3, 0.4) is 0 Å². The van der Waals surface area contributed by atoms with Crippen molar-refractivity contribution in [2.24, 2.45) is 0 Å². The topological polar surface area (TPSA) is 124 Å². The minimum atomic E-state index is -4.43. The lowest BCUT2D eigenvalue weighted by atomic mass is 10.0. The SMILES string of the molecule is CCCCCCCC/C=C/C(O)C(CS(=O)(=O)O)NC(=O)C(O)CCCCCCCCCCCCCCCCCCCCCCCC. The van der Waals surface area contributed by atoms with Crippen molar-refractivity contribution < 1.29 is 28.0 Å². The van der Waals surface area contributed by atoms with E-state index in [2.05, 4.69) is 19.2 Å². The fraction of sp³-hybridized carbons (Fsp3) is 0.923. The normalized spacial score (nSPS) is 14.1. The molecule has 0 saturated carbocycles. The van der Waals surface area contributed by atoms with E-state index in [0.29, 0.717) is 6.42 Å². The number of hydrogen-bond acceptors (Lipinski definition) is 5. The van der Waals surface area contributed by atoms with Crippen LogP contribution in [0.5, 0.6) is 0 Å². The maximum absolute atomic E-state index is 12.5. The van der Waals surface area contributed by atoms with Crippen molar-refractivity contribution in [2.45, 2.75) is 225 Å². The highest BCUT2D eigenvalue weighted by molar-refractivity contribution is 7.85. The predicted molar refractivity (Wildman–Crippen MR) is 199 cm³/mol. The first-order chi connectivity index (χ1) is 22.7. The van der Waals surface area contributed by atoms with Gasteiger partial charge in [0.15, 0.2) is 0 Å². The molecule has 0 aliphatic carbocycles. The Balaban J connectivity index is 3.84. The first-order valence-electron chi connectivity index (χ1n) is 20.0. The smallest absolute Gasteiger partial charge is 0.267 e. The van der Waals surface area contributed by atoms with E-state index in [-0.39, 0.29) is 6.42 Å². The number of carbonyl (C=O) groups excluding carboxylic acids is 1. The molecule has 0 spiro atoms. The standard InChI is InChI=1S/C39H77NO6S/c1-3-5-7-9-11-13-14-15-16-17-18-19-20-21-22-23-24-25-26-28-30-32-34-38(42)39(43)40-36(35-47(44,45)46)37(41)33-31-29-27-12-10-8-6-4-2/h31,33,36-38,41-42H,3-30,32,34-35H2,1-2H3,(H,40,43)(H,44,45,46)/b33-31+. The Morgan fingerprint density at radius 2 is 0.915 bits per heavy atom. The molecular weight excluding hydrogens is 610 g/mol. The Morgan fingerprint density at radius 1 is 0.574 bits per heavy atom. The third-order valence-corrected chi connectivity index (χ3v) is 10.1. The van der Waals surface area contributed by atoms with Crippen LogP contribution >= 0.6 is 0 Å². The molecule has 0 saturated heterocycles. The number of allylic oxidation sites excluding steroid dienone is 1. The maximum atomic E-state index is 12.5. The van der Waals surface area contributed by atoms with Gasteiger partial charge in [0.05, 0.1) is 17.9 Å². The molecular formula is C39H77NO6S. The molecule has 3 unspecified atom stereocenters. The summed E-state index contributed by atoms with van der Waals surface area (Å²) < 4.78 is 32.3. The van der Waals surface area contributed by atoms with Gasteiger partial charge in [-0.3, -0.25) is 9.35 Å². The maximum Gasteiger partial charge on any atom is 0.267 e. The third-order valence-electron chi connectivity index (χ3n) is 9.32. The van der Waals surface area contributed by atoms with Gasteiger partial charge in [0.1, 0.15) is 6.10 Å². The lowest BCUT2D eigenvalue weighted by molar-refractivity contribution is -0.130. The molecule has 3 atom stereocenters. The van der Waals surface area contributed by atoms with Gasteiger partial charge in [-0.25, -0.2) is 0 Å². The van der Waals surface area contributed by atoms with Gasteiger partial charge in [0, 0.05) is 0 Å². The Hall–Kier alpha value is -0.960. The van der Waals surface area contributed by atoms with Crippen LogP contribution in [-0.2, 0) is 14.9 Å². The van der Waals surface area contributed by atoms with E-state index < -0.39 is 40.0 Å². The van der Waals surface area contributed by atoms with Gasteiger partial charge in [-0.15, -0.1) is 0 Å². The summed E-state index contributed by atoms with van der Waals surface area (Å²) in [6.45, 7) is 4.45. The second-order valence-electron chi connectivity index (χ2n) is 14.1. The van der Waals surface area contributed by atoms with Gasteiger partial charge in [0.2, 0.25) is 5.91 Å². The predicted octanol–water partition coefficient (Wildman–Crippen LogP) is 10.4. The second kappa shape index (κ2) is 33.5. The molecule has 0 rings (SSSR count). The van der Waals surface area contributed by atoms with Gasteiger partial charge in [-0.05, 0) is 19.3 Å². The minimum Gasteiger partial charge on any atom is -0.387 e. The van der Waals surface area contributed by atoms with Crippen molar-refractivity contribution in [1.82, 2.24) is 5.32 Å². The molecule has 0 aliphatic rings. The van der Waals surface area contributed by atoms with E-state index >= 15 is 0 Å². The molecule has 0 aliphatic heterocycles. The molecule has 0 aromatic heterocycles. The van der Waals surface area contributed by atoms with Crippen molar-refractivity contribution in [3.05, 3.63) is 12.2 Å². The Labute approximate surface area is 291 Å².